The normalized spacial score (nSPS) is 14.4. The van der Waals surface area contributed by atoms with Gasteiger partial charge in [0.05, 0.1) is 0 Å². The standard InChI is InChI=1S/C23H45N3O5/c1-21(2,3)17(12-10-11-15-24)26-20(29)25-16(19(28)31-23(7,8)9)13-14-18(27)30-22(4,5)6/h16-17H,10-15,24H2,1-9H3,(H2,25,26,29)/t16-,17-/m0/s1. The Balaban J connectivity index is 5.19. The summed E-state index contributed by atoms with van der Waals surface area (Å²) in [5.41, 5.74) is 4.09. The summed E-state index contributed by atoms with van der Waals surface area (Å²) in [7, 11) is 0. The zero-order chi connectivity index (χ0) is 24.5. The maximum absolute atomic E-state index is 12.7. The van der Waals surface area contributed by atoms with Crippen molar-refractivity contribution in [2.24, 2.45) is 11.1 Å². The zero-order valence-corrected chi connectivity index (χ0v) is 21.0. The zero-order valence-electron chi connectivity index (χ0n) is 21.0. The number of unbranched alkanes of at least 4 members (excludes halogenated alkanes) is 1. The summed E-state index contributed by atoms with van der Waals surface area (Å²) < 4.78 is 10.7. The van der Waals surface area contributed by atoms with Crippen LogP contribution in [0.5, 0.6) is 0 Å². The summed E-state index contributed by atoms with van der Waals surface area (Å²) in [6.45, 7) is 17.3. The summed E-state index contributed by atoms with van der Waals surface area (Å²) in [6.07, 6.45) is 2.63. The summed E-state index contributed by atoms with van der Waals surface area (Å²) in [4.78, 5) is 37.5. The molecular weight excluding hydrogens is 398 g/mol. The lowest BCUT2D eigenvalue weighted by Gasteiger charge is -2.32. The Bertz CT molecular complexity index is 585. The van der Waals surface area contributed by atoms with Gasteiger partial charge in [0.1, 0.15) is 17.2 Å². The third-order valence-electron chi connectivity index (χ3n) is 4.35. The van der Waals surface area contributed by atoms with Crippen molar-refractivity contribution in [2.75, 3.05) is 6.54 Å². The lowest BCUT2D eigenvalue weighted by molar-refractivity contribution is -0.158. The minimum atomic E-state index is -0.962. The van der Waals surface area contributed by atoms with Crippen LogP contribution in [0.3, 0.4) is 0 Å². The van der Waals surface area contributed by atoms with Crippen molar-refractivity contribution in [3.63, 3.8) is 0 Å². The Kier molecular flexibility index (Phi) is 11.5. The van der Waals surface area contributed by atoms with Crippen molar-refractivity contribution in [2.45, 2.75) is 118 Å². The number of hydrogen-bond acceptors (Lipinski definition) is 6. The summed E-state index contributed by atoms with van der Waals surface area (Å²) in [5.74, 6) is -1.01. The predicted octanol–water partition coefficient (Wildman–Crippen LogP) is 3.66. The third-order valence-corrected chi connectivity index (χ3v) is 4.35. The van der Waals surface area contributed by atoms with Gasteiger partial charge in [-0.15, -0.1) is 0 Å². The van der Waals surface area contributed by atoms with Gasteiger partial charge in [-0.05, 0) is 72.8 Å². The Morgan fingerprint density at radius 3 is 1.81 bits per heavy atom. The molecule has 0 spiro atoms. The molecule has 0 bridgehead atoms. The molecule has 2 amide bonds. The molecule has 8 heteroatoms. The first-order valence-electron chi connectivity index (χ1n) is 11.2. The molecule has 0 aromatic rings. The molecule has 0 heterocycles. The van der Waals surface area contributed by atoms with E-state index < -0.39 is 35.2 Å². The number of carbonyl (C=O) groups is 3. The minimum Gasteiger partial charge on any atom is -0.460 e. The topological polar surface area (TPSA) is 120 Å². The molecule has 0 saturated carbocycles. The van der Waals surface area contributed by atoms with Crippen LogP contribution in [0.15, 0.2) is 0 Å². The molecule has 0 rings (SSSR count). The van der Waals surface area contributed by atoms with Crippen molar-refractivity contribution < 1.29 is 23.9 Å². The van der Waals surface area contributed by atoms with Crippen molar-refractivity contribution in [3.8, 4) is 0 Å². The molecule has 0 aliphatic rings. The van der Waals surface area contributed by atoms with Crippen LogP contribution in [0.1, 0.15) is 94.4 Å². The molecule has 0 radical (unpaired) electrons. The predicted molar refractivity (Wildman–Crippen MR) is 123 cm³/mol. The minimum absolute atomic E-state index is 0.0132. The number of hydrogen-bond donors (Lipinski definition) is 3. The van der Waals surface area contributed by atoms with Gasteiger partial charge in [0.15, 0.2) is 0 Å². The first-order chi connectivity index (χ1) is 13.9. The van der Waals surface area contributed by atoms with Crippen molar-refractivity contribution >= 4 is 18.0 Å². The quantitative estimate of drug-likeness (QED) is 0.350. The van der Waals surface area contributed by atoms with Gasteiger partial charge >= 0.3 is 18.0 Å². The van der Waals surface area contributed by atoms with Crippen LogP contribution in [0.2, 0.25) is 0 Å². The summed E-state index contributed by atoms with van der Waals surface area (Å²) in [5, 5.41) is 5.67. The second-order valence-corrected chi connectivity index (χ2v) is 11.0. The van der Waals surface area contributed by atoms with Gasteiger partial charge in [-0.1, -0.05) is 27.2 Å². The molecule has 2 atom stereocenters. The average molecular weight is 444 g/mol. The van der Waals surface area contributed by atoms with E-state index in [2.05, 4.69) is 10.6 Å². The molecule has 0 aliphatic heterocycles. The van der Waals surface area contributed by atoms with E-state index in [-0.39, 0.29) is 24.3 Å². The fraction of sp³-hybridized carbons (Fsp3) is 0.870. The molecule has 182 valence electrons. The number of nitrogens with two attached hydrogens (primary N) is 1. The van der Waals surface area contributed by atoms with E-state index in [4.69, 9.17) is 15.2 Å². The van der Waals surface area contributed by atoms with Gasteiger partial charge in [-0.3, -0.25) is 4.79 Å². The number of esters is 2. The van der Waals surface area contributed by atoms with Gasteiger partial charge in [-0.25, -0.2) is 9.59 Å². The molecule has 0 fully saturated rings. The lowest BCUT2D eigenvalue weighted by atomic mass is 9.84. The third kappa shape index (κ3) is 14.7. The fourth-order valence-corrected chi connectivity index (χ4v) is 2.85. The largest absolute Gasteiger partial charge is 0.460 e. The van der Waals surface area contributed by atoms with E-state index in [1.54, 1.807) is 41.5 Å². The second kappa shape index (κ2) is 12.3. The lowest BCUT2D eigenvalue weighted by Crippen LogP contribution is -2.53. The van der Waals surface area contributed by atoms with E-state index in [1.807, 2.05) is 20.8 Å². The maximum Gasteiger partial charge on any atom is 0.329 e. The average Bonchev–Trinajstić information content (AvgIpc) is 2.53. The molecule has 0 aromatic carbocycles. The monoisotopic (exact) mass is 443 g/mol. The van der Waals surface area contributed by atoms with Gasteiger partial charge in [0.2, 0.25) is 0 Å². The molecule has 4 N–H and O–H groups in total. The molecule has 8 nitrogen and oxygen atoms in total. The first kappa shape index (κ1) is 29.2. The number of ether oxygens (including phenoxy) is 2. The van der Waals surface area contributed by atoms with E-state index in [9.17, 15) is 14.4 Å². The number of amides is 2. The van der Waals surface area contributed by atoms with Crippen LogP contribution in [-0.2, 0) is 19.1 Å². The molecule has 0 aromatic heterocycles. The molecule has 0 saturated heterocycles. The highest BCUT2D eigenvalue weighted by Gasteiger charge is 2.31. The summed E-state index contributed by atoms with van der Waals surface area (Å²) in [6, 6.07) is -1.52. The summed E-state index contributed by atoms with van der Waals surface area (Å²) >= 11 is 0. The van der Waals surface area contributed by atoms with Crippen LogP contribution in [0, 0.1) is 5.41 Å². The maximum atomic E-state index is 12.7. The molecule has 0 unspecified atom stereocenters. The number of urea groups is 1. The number of rotatable bonds is 10. The first-order valence-corrected chi connectivity index (χ1v) is 11.2. The second-order valence-electron chi connectivity index (χ2n) is 11.0. The van der Waals surface area contributed by atoms with Gasteiger partial charge < -0.3 is 25.8 Å². The highest BCUT2D eigenvalue weighted by Crippen LogP contribution is 2.23. The van der Waals surface area contributed by atoms with E-state index in [0.717, 1.165) is 19.3 Å². The van der Waals surface area contributed by atoms with Crippen LogP contribution in [0.4, 0.5) is 4.79 Å². The van der Waals surface area contributed by atoms with Gasteiger partial charge in [0.25, 0.3) is 0 Å². The van der Waals surface area contributed by atoms with E-state index in [1.165, 1.54) is 0 Å². The molecule has 0 aliphatic carbocycles. The van der Waals surface area contributed by atoms with Crippen molar-refractivity contribution in [3.05, 3.63) is 0 Å². The molecule has 31 heavy (non-hydrogen) atoms. The van der Waals surface area contributed by atoms with Crippen LogP contribution >= 0.6 is 0 Å². The van der Waals surface area contributed by atoms with Crippen molar-refractivity contribution in [1.82, 2.24) is 10.6 Å². The highest BCUT2D eigenvalue weighted by molar-refractivity contribution is 5.84. The van der Waals surface area contributed by atoms with Crippen LogP contribution < -0.4 is 16.4 Å². The van der Waals surface area contributed by atoms with E-state index in [0.29, 0.717) is 6.54 Å². The van der Waals surface area contributed by atoms with Crippen LogP contribution in [-0.4, -0.2) is 47.8 Å². The Hall–Kier alpha value is -1.83. The van der Waals surface area contributed by atoms with Gasteiger partial charge in [0, 0.05) is 12.5 Å². The SMILES string of the molecule is CC(C)(C)OC(=O)CC[C@H](NC(=O)N[C@@H](CCCCN)C(C)(C)C)C(=O)OC(C)(C)C. The highest BCUT2D eigenvalue weighted by atomic mass is 16.6. The van der Waals surface area contributed by atoms with E-state index >= 15 is 0 Å². The van der Waals surface area contributed by atoms with Gasteiger partial charge in [-0.2, -0.15) is 0 Å². The Morgan fingerprint density at radius 2 is 1.35 bits per heavy atom. The van der Waals surface area contributed by atoms with Crippen molar-refractivity contribution in [1.29, 1.82) is 0 Å². The number of nitrogens with one attached hydrogen (secondary N) is 2. The molecular formula is C23H45N3O5. The van der Waals surface area contributed by atoms with Crippen LogP contribution in [0.25, 0.3) is 0 Å². The Morgan fingerprint density at radius 1 is 0.806 bits per heavy atom. The smallest absolute Gasteiger partial charge is 0.329 e. The fourth-order valence-electron chi connectivity index (χ4n) is 2.85. The number of carbonyl (C=O) groups excluding carboxylic acids is 3. The Labute approximate surface area is 188 Å².